The predicted molar refractivity (Wildman–Crippen MR) is 124 cm³/mol. The Morgan fingerprint density at radius 3 is 2.58 bits per heavy atom. The van der Waals surface area contributed by atoms with Crippen LogP contribution in [0, 0.1) is 0 Å². The fourth-order valence-electron chi connectivity index (χ4n) is 3.00. The zero-order valence-corrected chi connectivity index (χ0v) is 19.1. The van der Waals surface area contributed by atoms with Gasteiger partial charge in [0.25, 0.3) is 0 Å². The van der Waals surface area contributed by atoms with E-state index in [4.69, 9.17) is 30.2 Å². The molecule has 0 radical (unpaired) electrons. The van der Waals surface area contributed by atoms with Crippen LogP contribution in [0.4, 0.5) is 0 Å². The van der Waals surface area contributed by atoms with Gasteiger partial charge in [0.05, 0.1) is 44.0 Å². The third-order valence-electron chi connectivity index (χ3n) is 4.57. The lowest BCUT2D eigenvalue weighted by molar-refractivity contribution is -0.120. The summed E-state index contributed by atoms with van der Waals surface area (Å²) in [5.74, 6) is 1.25. The van der Waals surface area contributed by atoms with Crippen LogP contribution in [0.1, 0.15) is 28.6 Å². The van der Waals surface area contributed by atoms with Gasteiger partial charge >= 0.3 is 5.97 Å². The average Bonchev–Trinajstić information content (AvgIpc) is 3.28. The van der Waals surface area contributed by atoms with Crippen LogP contribution in [0.3, 0.4) is 0 Å². The van der Waals surface area contributed by atoms with Gasteiger partial charge in [-0.25, -0.2) is 10.2 Å². The molecule has 0 fully saturated rings. The van der Waals surface area contributed by atoms with E-state index in [0.717, 1.165) is 5.56 Å². The van der Waals surface area contributed by atoms with Crippen LogP contribution in [-0.2, 0) is 16.0 Å². The fourth-order valence-corrected chi connectivity index (χ4v) is 3.20. The topological polar surface area (TPSA) is 99.4 Å². The smallest absolute Gasteiger partial charge is 0.339 e. The first kappa shape index (κ1) is 23.9. The molecule has 0 spiro atoms. The number of hydrogen-bond donors (Lipinski definition) is 1. The quantitative estimate of drug-likeness (QED) is 0.281. The maximum absolute atomic E-state index is 12.2. The van der Waals surface area contributed by atoms with Gasteiger partial charge in [-0.2, -0.15) is 5.10 Å². The third-order valence-corrected chi connectivity index (χ3v) is 4.90. The lowest BCUT2D eigenvalue weighted by Gasteiger charge is -2.09. The van der Waals surface area contributed by atoms with E-state index in [1.54, 1.807) is 62.6 Å². The van der Waals surface area contributed by atoms with Crippen molar-refractivity contribution in [1.82, 2.24) is 5.43 Å². The average molecular weight is 471 g/mol. The van der Waals surface area contributed by atoms with Crippen LogP contribution in [0.15, 0.2) is 58.0 Å². The summed E-state index contributed by atoms with van der Waals surface area (Å²) in [4.78, 5) is 24.2. The molecule has 3 rings (SSSR count). The van der Waals surface area contributed by atoms with Gasteiger partial charge in [-0.3, -0.25) is 4.79 Å². The molecule has 2 aromatic carbocycles. The van der Waals surface area contributed by atoms with Gasteiger partial charge in [0.2, 0.25) is 5.91 Å². The number of carbonyl (C=O) groups is 2. The summed E-state index contributed by atoms with van der Waals surface area (Å²) < 4.78 is 21.2. The van der Waals surface area contributed by atoms with Crippen molar-refractivity contribution in [3.05, 3.63) is 70.4 Å². The Labute approximate surface area is 196 Å². The number of ether oxygens (including phenoxy) is 3. The monoisotopic (exact) mass is 470 g/mol. The molecule has 0 unspecified atom stereocenters. The van der Waals surface area contributed by atoms with Crippen LogP contribution in [0.2, 0.25) is 5.02 Å². The van der Waals surface area contributed by atoms with Crippen LogP contribution in [-0.4, -0.2) is 38.9 Å². The standard InChI is InChI=1S/C24H23ClN2O6/c1-4-32-24(29)18-13-16(6-8-19(18)25)20-10-7-17(33-20)14-26-27-23(28)12-15-5-9-21(30-2)22(11-15)31-3/h5-11,13-14H,4,12H2,1-3H3,(H,27,28)/b26-14-. The van der Waals surface area contributed by atoms with Crippen molar-refractivity contribution in [1.29, 1.82) is 0 Å². The van der Waals surface area contributed by atoms with E-state index < -0.39 is 5.97 Å². The SMILES string of the molecule is CCOC(=O)c1cc(-c2ccc(/C=N\NC(=O)Cc3ccc(OC)c(OC)c3)o2)ccc1Cl. The number of nitrogens with one attached hydrogen (secondary N) is 1. The molecule has 0 saturated carbocycles. The van der Waals surface area contributed by atoms with Crippen molar-refractivity contribution in [3.8, 4) is 22.8 Å². The normalized spacial score (nSPS) is 10.8. The Balaban J connectivity index is 1.63. The second-order valence-electron chi connectivity index (χ2n) is 6.78. The second-order valence-corrected chi connectivity index (χ2v) is 7.18. The van der Waals surface area contributed by atoms with Gasteiger partial charge < -0.3 is 18.6 Å². The van der Waals surface area contributed by atoms with E-state index in [9.17, 15) is 9.59 Å². The van der Waals surface area contributed by atoms with E-state index in [-0.39, 0.29) is 24.5 Å². The van der Waals surface area contributed by atoms with Crippen molar-refractivity contribution in [2.24, 2.45) is 5.10 Å². The molecule has 0 bridgehead atoms. The van der Waals surface area contributed by atoms with Gasteiger partial charge in [-0.05, 0) is 55.0 Å². The summed E-state index contributed by atoms with van der Waals surface area (Å²) in [5, 5.41) is 4.23. The van der Waals surface area contributed by atoms with E-state index in [0.29, 0.717) is 33.6 Å². The van der Waals surface area contributed by atoms with E-state index >= 15 is 0 Å². The van der Waals surface area contributed by atoms with Gasteiger partial charge in [0.1, 0.15) is 11.5 Å². The molecular weight excluding hydrogens is 448 g/mol. The first-order valence-corrected chi connectivity index (χ1v) is 10.4. The molecule has 1 heterocycles. The Morgan fingerprint density at radius 2 is 1.85 bits per heavy atom. The summed E-state index contributed by atoms with van der Waals surface area (Å²) in [6.07, 6.45) is 1.50. The molecule has 8 nitrogen and oxygen atoms in total. The largest absolute Gasteiger partial charge is 0.493 e. The number of methoxy groups -OCH3 is 2. The highest BCUT2D eigenvalue weighted by atomic mass is 35.5. The molecule has 1 amide bonds. The Kier molecular flexibility index (Phi) is 8.10. The fraction of sp³-hybridized carbons (Fsp3) is 0.208. The Hall–Kier alpha value is -3.78. The molecule has 1 N–H and O–H groups in total. The van der Waals surface area contributed by atoms with E-state index in [1.165, 1.54) is 13.3 Å². The molecule has 0 aliphatic heterocycles. The van der Waals surface area contributed by atoms with Gasteiger partial charge in [-0.1, -0.05) is 17.7 Å². The molecule has 0 saturated heterocycles. The van der Waals surface area contributed by atoms with Gasteiger partial charge in [0.15, 0.2) is 11.5 Å². The van der Waals surface area contributed by atoms with Crippen molar-refractivity contribution in [2.45, 2.75) is 13.3 Å². The van der Waals surface area contributed by atoms with E-state index in [2.05, 4.69) is 10.5 Å². The minimum absolute atomic E-state index is 0.114. The zero-order valence-electron chi connectivity index (χ0n) is 18.4. The summed E-state index contributed by atoms with van der Waals surface area (Å²) >= 11 is 6.10. The number of furan rings is 1. The van der Waals surface area contributed by atoms with Crippen molar-refractivity contribution < 1.29 is 28.2 Å². The minimum atomic E-state index is -0.505. The molecule has 9 heteroatoms. The summed E-state index contributed by atoms with van der Waals surface area (Å²) in [5.41, 5.74) is 4.12. The van der Waals surface area contributed by atoms with Crippen LogP contribution >= 0.6 is 11.6 Å². The highest BCUT2D eigenvalue weighted by molar-refractivity contribution is 6.33. The van der Waals surface area contributed by atoms with Gasteiger partial charge in [-0.15, -0.1) is 0 Å². The molecule has 33 heavy (non-hydrogen) atoms. The first-order valence-electron chi connectivity index (χ1n) is 10.0. The Bertz CT molecular complexity index is 1170. The van der Waals surface area contributed by atoms with Gasteiger partial charge in [0, 0.05) is 5.56 Å². The highest BCUT2D eigenvalue weighted by Crippen LogP contribution is 2.28. The number of nitrogens with zero attached hydrogens (tertiary/aromatic N) is 1. The highest BCUT2D eigenvalue weighted by Gasteiger charge is 2.14. The number of carbonyl (C=O) groups excluding carboxylic acids is 2. The van der Waals surface area contributed by atoms with Crippen molar-refractivity contribution >= 4 is 29.7 Å². The molecular formula is C24H23ClN2O6. The lowest BCUT2D eigenvalue weighted by atomic mass is 10.1. The summed E-state index contributed by atoms with van der Waals surface area (Å²) in [6, 6.07) is 13.6. The Morgan fingerprint density at radius 1 is 1.06 bits per heavy atom. The first-order chi connectivity index (χ1) is 15.9. The summed E-state index contributed by atoms with van der Waals surface area (Å²) in [7, 11) is 3.08. The molecule has 0 aliphatic rings. The number of rotatable bonds is 9. The predicted octanol–water partition coefficient (Wildman–Crippen LogP) is 4.49. The van der Waals surface area contributed by atoms with Crippen molar-refractivity contribution in [2.75, 3.05) is 20.8 Å². The lowest BCUT2D eigenvalue weighted by Crippen LogP contribution is -2.19. The molecule has 0 atom stereocenters. The minimum Gasteiger partial charge on any atom is -0.493 e. The molecule has 3 aromatic rings. The number of benzene rings is 2. The number of hydrogen-bond acceptors (Lipinski definition) is 7. The molecule has 1 aromatic heterocycles. The van der Waals surface area contributed by atoms with E-state index in [1.807, 2.05) is 0 Å². The van der Waals surface area contributed by atoms with Crippen molar-refractivity contribution in [3.63, 3.8) is 0 Å². The number of amides is 1. The van der Waals surface area contributed by atoms with Crippen LogP contribution < -0.4 is 14.9 Å². The summed E-state index contributed by atoms with van der Waals surface area (Å²) in [6.45, 7) is 1.97. The maximum atomic E-state index is 12.2. The molecule has 172 valence electrons. The number of hydrazone groups is 1. The second kappa shape index (κ2) is 11.2. The van der Waals surface area contributed by atoms with Crippen LogP contribution in [0.5, 0.6) is 11.5 Å². The number of halogens is 1. The zero-order chi connectivity index (χ0) is 23.8. The third kappa shape index (κ3) is 6.14. The maximum Gasteiger partial charge on any atom is 0.339 e. The molecule has 0 aliphatic carbocycles. The van der Waals surface area contributed by atoms with Crippen LogP contribution in [0.25, 0.3) is 11.3 Å². The number of esters is 1.